The number of benzene rings is 2. The molecule has 7 nitrogen and oxygen atoms in total. The van der Waals surface area contributed by atoms with Crippen molar-refractivity contribution < 1.29 is 4.79 Å². The van der Waals surface area contributed by atoms with Crippen molar-refractivity contribution in [1.82, 2.24) is 25.1 Å². The van der Waals surface area contributed by atoms with Crippen LogP contribution in [0.5, 0.6) is 0 Å². The Bertz CT molecular complexity index is 1230. The first-order valence-electron chi connectivity index (χ1n) is 8.58. The number of anilines is 1. The predicted octanol–water partition coefficient (Wildman–Crippen LogP) is 4.20. The quantitative estimate of drug-likeness (QED) is 0.303. The van der Waals surface area contributed by atoms with Crippen molar-refractivity contribution in [3.05, 3.63) is 63.0 Å². The molecule has 0 aliphatic rings. The normalized spacial score (nSPS) is 10.9. The zero-order chi connectivity index (χ0) is 20.5. The average molecular weight is 534 g/mol. The van der Waals surface area contributed by atoms with Crippen LogP contribution in [0.15, 0.2) is 42.5 Å². The number of carbonyl (C=O) groups excluding carboxylic acids is 1. The number of carbonyl (C=O) groups is 1. The summed E-state index contributed by atoms with van der Waals surface area (Å²) in [6.07, 6.45) is 0. The van der Waals surface area contributed by atoms with Gasteiger partial charge in [-0.25, -0.2) is 0 Å². The van der Waals surface area contributed by atoms with Gasteiger partial charge >= 0.3 is 0 Å². The van der Waals surface area contributed by atoms with E-state index in [0.29, 0.717) is 5.56 Å². The molecular weight excluding hydrogens is 519 g/mol. The van der Waals surface area contributed by atoms with Gasteiger partial charge in [0.2, 0.25) is 4.96 Å². The standard InChI is InChI=1S/C19H15IN6OS2/c1-10-3-4-13(17-25-26-11(2)23-24-19(26)29-17)9-15(10)21-18(28)22-16(27)12-5-7-14(20)8-6-12/h3-9H,1-2H3,(H2,21,22,27,28). The van der Waals surface area contributed by atoms with E-state index in [1.54, 1.807) is 16.6 Å². The van der Waals surface area contributed by atoms with Crippen LogP contribution in [0.3, 0.4) is 0 Å². The zero-order valence-corrected chi connectivity index (χ0v) is 19.2. The maximum Gasteiger partial charge on any atom is 0.257 e. The fourth-order valence-electron chi connectivity index (χ4n) is 2.65. The minimum Gasteiger partial charge on any atom is -0.332 e. The zero-order valence-electron chi connectivity index (χ0n) is 15.4. The number of hydrogen-bond acceptors (Lipinski definition) is 6. The number of hydrogen-bond donors (Lipinski definition) is 2. The molecule has 2 N–H and O–H groups in total. The highest BCUT2D eigenvalue weighted by molar-refractivity contribution is 14.1. The van der Waals surface area contributed by atoms with Crippen LogP contribution in [-0.4, -0.2) is 30.8 Å². The maximum absolute atomic E-state index is 12.4. The second-order valence-electron chi connectivity index (χ2n) is 6.29. The summed E-state index contributed by atoms with van der Waals surface area (Å²) in [5.41, 5.74) is 3.28. The highest BCUT2D eigenvalue weighted by Gasteiger charge is 2.13. The summed E-state index contributed by atoms with van der Waals surface area (Å²) < 4.78 is 2.78. The number of thiocarbonyl (C=S) groups is 1. The molecule has 4 rings (SSSR count). The Hall–Kier alpha value is -2.44. The van der Waals surface area contributed by atoms with Gasteiger partial charge in [-0.3, -0.25) is 10.1 Å². The summed E-state index contributed by atoms with van der Waals surface area (Å²) in [5, 5.41) is 19.6. The van der Waals surface area contributed by atoms with E-state index in [1.807, 2.05) is 44.2 Å². The molecule has 0 saturated carbocycles. The second kappa shape index (κ2) is 8.13. The van der Waals surface area contributed by atoms with Crippen molar-refractivity contribution in [2.24, 2.45) is 0 Å². The van der Waals surface area contributed by atoms with Gasteiger partial charge in [0.1, 0.15) is 5.01 Å². The van der Waals surface area contributed by atoms with Gasteiger partial charge in [-0.2, -0.15) is 9.61 Å². The lowest BCUT2D eigenvalue weighted by molar-refractivity contribution is 0.0977. The van der Waals surface area contributed by atoms with Gasteiger partial charge in [0.25, 0.3) is 5.91 Å². The van der Waals surface area contributed by atoms with E-state index in [4.69, 9.17) is 12.2 Å². The summed E-state index contributed by atoms with van der Waals surface area (Å²) in [5.74, 6) is 0.490. The van der Waals surface area contributed by atoms with Gasteiger partial charge in [0, 0.05) is 20.4 Å². The molecule has 1 amide bonds. The molecule has 0 atom stereocenters. The Kier molecular flexibility index (Phi) is 5.56. The molecule has 0 bridgehead atoms. The van der Waals surface area contributed by atoms with Gasteiger partial charge in [0.15, 0.2) is 10.9 Å². The number of aromatic nitrogens is 4. The summed E-state index contributed by atoms with van der Waals surface area (Å²) in [6, 6.07) is 13.2. The Morgan fingerprint density at radius 3 is 2.62 bits per heavy atom. The number of rotatable bonds is 3. The van der Waals surface area contributed by atoms with Crippen LogP contribution >= 0.6 is 46.1 Å². The number of fused-ring (bicyclic) bond motifs is 1. The first kappa shape index (κ1) is 19.9. The van der Waals surface area contributed by atoms with Crippen LogP contribution in [0.1, 0.15) is 21.7 Å². The van der Waals surface area contributed by atoms with E-state index >= 15 is 0 Å². The Morgan fingerprint density at radius 1 is 1.14 bits per heavy atom. The summed E-state index contributed by atoms with van der Waals surface area (Å²) >= 11 is 8.99. The highest BCUT2D eigenvalue weighted by Crippen LogP contribution is 2.29. The van der Waals surface area contributed by atoms with Crippen LogP contribution in [0.2, 0.25) is 0 Å². The number of amides is 1. The van der Waals surface area contributed by atoms with Crippen molar-refractivity contribution in [3.63, 3.8) is 0 Å². The molecular formula is C19H15IN6OS2. The van der Waals surface area contributed by atoms with Crippen LogP contribution in [0, 0.1) is 17.4 Å². The highest BCUT2D eigenvalue weighted by atomic mass is 127. The van der Waals surface area contributed by atoms with Crippen molar-refractivity contribution in [1.29, 1.82) is 0 Å². The molecule has 0 aliphatic heterocycles. The van der Waals surface area contributed by atoms with Crippen molar-refractivity contribution >= 4 is 67.8 Å². The third-order valence-corrected chi connectivity index (χ3v) is 6.08. The fourth-order valence-corrected chi connectivity index (χ4v) is 4.09. The van der Waals surface area contributed by atoms with E-state index in [0.717, 1.165) is 36.2 Å². The topological polar surface area (TPSA) is 84.2 Å². The summed E-state index contributed by atoms with van der Waals surface area (Å²) in [6.45, 7) is 3.83. The van der Waals surface area contributed by atoms with Crippen molar-refractivity contribution in [3.8, 4) is 10.6 Å². The molecule has 0 aliphatic carbocycles. The van der Waals surface area contributed by atoms with E-state index in [1.165, 1.54) is 11.3 Å². The lowest BCUT2D eigenvalue weighted by Gasteiger charge is -2.13. The number of halogens is 1. The van der Waals surface area contributed by atoms with Crippen molar-refractivity contribution in [2.75, 3.05) is 5.32 Å². The Balaban J connectivity index is 1.52. The summed E-state index contributed by atoms with van der Waals surface area (Å²) in [4.78, 5) is 13.1. The van der Waals surface area contributed by atoms with Crippen LogP contribution in [0.25, 0.3) is 15.5 Å². The van der Waals surface area contributed by atoms with Crippen LogP contribution in [0.4, 0.5) is 5.69 Å². The molecule has 2 heterocycles. The van der Waals surface area contributed by atoms with Gasteiger partial charge < -0.3 is 5.32 Å². The second-order valence-corrected chi connectivity index (χ2v) is 8.90. The fraction of sp³-hybridized carbons (Fsp3) is 0.105. The molecule has 4 aromatic rings. The SMILES string of the molecule is Cc1ccc(-c2nn3c(C)nnc3s2)cc1NC(=S)NC(=O)c1ccc(I)cc1. The Morgan fingerprint density at radius 2 is 1.90 bits per heavy atom. The maximum atomic E-state index is 12.4. The molecule has 0 saturated heterocycles. The average Bonchev–Trinajstić information content (AvgIpc) is 3.26. The molecule has 29 heavy (non-hydrogen) atoms. The van der Waals surface area contributed by atoms with Crippen LogP contribution < -0.4 is 10.6 Å². The lowest BCUT2D eigenvalue weighted by Crippen LogP contribution is -2.34. The first-order valence-corrected chi connectivity index (χ1v) is 10.9. The molecule has 2 aromatic carbocycles. The third kappa shape index (κ3) is 4.28. The minimum atomic E-state index is -0.253. The van der Waals surface area contributed by atoms with Gasteiger partial charge in [0.05, 0.1) is 0 Å². The number of nitrogens with zero attached hydrogens (tertiary/aromatic N) is 4. The van der Waals surface area contributed by atoms with E-state index in [-0.39, 0.29) is 11.0 Å². The van der Waals surface area contributed by atoms with E-state index in [2.05, 4.69) is 48.5 Å². The monoisotopic (exact) mass is 534 g/mol. The van der Waals surface area contributed by atoms with Crippen LogP contribution in [-0.2, 0) is 0 Å². The van der Waals surface area contributed by atoms with Gasteiger partial charge in [-0.05, 0) is 84.6 Å². The molecule has 2 aromatic heterocycles. The molecule has 0 fully saturated rings. The lowest BCUT2D eigenvalue weighted by atomic mass is 10.1. The molecule has 146 valence electrons. The summed E-state index contributed by atoms with van der Waals surface area (Å²) in [7, 11) is 0. The molecule has 10 heteroatoms. The first-order chi connectivity index (χ1) is 13.9. The van der Waals surface area contributed by atoms with E-state index < -0.39 is 0 Å². The van der Waals surface area contributed by atoms with Gasteiger partial charge in [-0.1, -0.05) is 23.5 Å². The number of nitrogens with one attached hydrogen (secondary N) is 2. The predicted molar refractivity (Wildman–Crippen MR) is 126 cm³/mol. The third-order valence-electron chi connectivity index (χ3n) is 4.21. The van der Waals surface area contributed by atoms with Gasteiger partial charge in [-0.15, -0.1) is 10.2 Å². The smallest absolute Gasteiger partial charge is 0.257 e. The largest absolute Gasteiger partial charge is 0.332 e. The van der Waals surface area contributed by atoms with Crippen molar-refractivity contribution in [2.45, 2.75) is 13.8 Å². The number of aryl methyl sites for hydroxylation is 2. The minimum absolute atomic E-state index is 0.239. The molecule has 0 spiro atoms. The molecule has 0 unspecified atom stereocenters. The Labute approximate surface area is 189 Å². The molecule has 0 radical (unpaired) electrons. The van der Waals surface area contributed by atoms with E-state index in [9.17, 15) is 4.79 Å².